The fourth-order valence-electron chi connectivity index (χ4n) is 2.24. The Bertz CT molecular complexity index is 948. The maximum Gasteiger partial charge on any atom is 0.281 e. The lowest BCUT2D eigenvalue weighted by Crippen LogP contribution is -2.41. The highest BCUT2D eigenvalue weighted by Gasteiger charge is 2.16. The molecule has 2 N–H and O–H groups in total. The molecule has 0 bridgehead atoms. The Balaban J connectivity index is 1.67. The van der Waals surface area contributed by atoms with E-state index in [-0.39, 0.29) is 0 Å². The molecule has 2 amide bonds. The van der Waals surface area contributed by atoms with Crippen LogP contribution >= 0.6 is 22.9 Å². The Hall–Kier alpha value is -2.64. The summed E-state index contributed by atoms with van der Waals surface area (Å²) in [4.78, 5) is 28.8. The lowest BCUT2D eigenvalue weighted by Gasteiger charge is -2.04. The molecule has 3 rings (SSSR count). The first kappa shape index (κ1) is 17.2. The van der Waals surface area contributed by atoms with Crippen molar-refractivity contribution >= 4 is 34.8 Å². The van der Waals surface area contributed by atoms with Crippen molar-refractivity contribution in [3.05, 3.63) is 63.5 Å². The van der Waals surface area contributed by atoms with Gasteiger partial charge in [-0.2, -0.15) is 0 Å². The number of thiazole rings is 1. The van der Waals surface area contributed by atoms with E-state index in [2.05, 4.69) is 15.8 Å². The van der Waals surface area contributed by atoms with Gasteiger partial charge in [0.1, 0.15) is 21.4 Å². The zero-order chi connectivity index (χ0) is 18.0. The number of carbonyl (C=O) groups is 2. The molecule has 128 valence electrons. The van der Waals surface area contributed by atoms with Crippen LogP contribution in [0.25, 0.3) is 10.6 Å². The zero-order valence-corrected chi connectivity index (χ0v) is 15.0. The number of hydrogen-bond donors (Lipinski definition) is 2. The quantitative estimate of drug-likeness (QED) is 0.683. The van der Waals surface area contributed by atoms with Crippen LogP contribution in [0.15, 0.2) is 40.9 Å². The third-order valence-corrected chi connectivity index (χ3v) is 4.77. The number of rotatable bonds is 3. The number of furan rings is 1. The van der Waals surface area contributed by atoms with Crippen LogP contribution in [0.3, 0.4) is 0 Å². The highest BCUT2D eigenvalue weighted by Crippen LogP contribution is 2.30. The summed E-state index contributed by atoms with van der Waals surface area (Å²) >= 11 is 7.32. The van der Waals surface area contributed by atoms with Crippen LogP contribution in [-0.4, -0.2) is 16.8 Å². The molecule has 8 heteroatoms. The second-order valence-corrected chi connectivity index (χ2v) is 6.68. The molecule has 0 atom stereocenters. The summed E-state index contributed by atoms with van der Waals surface area (Å²) in [7, 11) is 0. The number of nitrogens with zero attached hydrogens (tertiary/aromatic N) is 1. The van der Waals surface area contributed by atoms with Gasteiger partial charge in [-0.05, 0) is 26.0 Å². The molecular formula is C17H14ClN3O3S. The standard InChI is InChI=1S/C17H14ClN3O3S/c1-9-7-12(10(2)24-9)15(22)20-21-16(23)14-8-19-17(25-14)11-5-3-4-6-13(11)18/h3-8H,1-2H3,(H,20,22)(H,21,23). The SMILES string of the molecule is Cc1cc(C(=O)NNC(=O)c2cnc(-c3ccccc3Cl)s2)c(C)o1. The van der Waals surface area contributed by atoms with Gasteiger partial charge >= 0.3 is 0 Å². The third-order valence-electron chi connectivity index (χ3n) is 3.41. The molecule has 0 aliphatic carbocycles. The predicted molar refractivity (Wildman–Crippen MR) is 95.7 cm³/mol. The lowest BCUT2D eigenvalue weighted by molar-refractivity contribution is 0.0848. The fraction of sp³-hybridized carbons (Fsp3) is 0.118. The number of amides is 2. The minimum atomic E-state index is -0.456. The third kappa shape index (κ3) is 3.72. The van der Waals surface area contributed by atoms with Crippen LogP contribution < -0.4 is 10.9 Å². The minimum absolute atomic E-state index is 0.357. The molecule has 1 aromatic carbocycles. The van der Waals surface area contributed by atoms with E-state index < -0.39 is 11.8 Å². The smallest absolute Gasteiger partial charge is 0.281 e. The van der Waals surface area contributed by atoms with E-state index >= 15 is 0 Å². The maximum atomic E-state index is 12.2. The Morgan fingerprint density at radius 3 is 2.56 bits per heavy atom. The summed E-state index contributed by atoms with van der Waals surface area (Å²) in [5.41, 5.74) is 5.86. The maximum absolute atomic E-state index is 12.2. The first-order valence-corrected chi connectivity index (χ1v) is 8.53. The molecule has 0 unspecified atom stereocenters. The van der Waals surface area contributed by atoms with Crippen LogP contribution in [0.1, 0.15) is 31.6 Å². The largest absolute Gasteiger partial charge is 0.466 e. The first-order chi connectivity index (χ1) is 12.0. The van der Waals surface area contributed by atoms with E-state index in [9.17, 15) is 9.59 Å². The molecule has 0 aliphatic heterocycles. The summed E-state index contributed by atoms with van der Waals surface area (Å²) in [6, 6.07) is 8.86. The van der Waals surface area contributed by atoms with Crippen molar-refractivity contribution in [3.63, 3.8) is 0 Å². The second-order valence-electron chi connectivity index (χ2n) is 5.24. The summed E-state index contributed by atoms with van der Waals surface area (Å²) in [5.74, 6) is 0.212. The summed E-state index contributed by atoms with van der Waals surface area (Å²) < 4.78 is 5.30. The number of aromatic nitrogens is 1. The zero-order valence-electron chi connectivity index (χ0n) is 13.4. The number of halogens is 1. The molecular weight excluding hydrogens is 362 g/mol. The number of hydrogen-bond acceptors (Lipinski definition) is 5. The van der Waals surface area contributed by atoms with Crippen LogP contribution in [0.5, 0.6) is 0 Å². The number of aryl methyl sites for hydroxylation is 2. The lowest BCUT2D eigenvalue weighted by atomic mass is 10.2. The monoisotopic (exact) mass is 375 g/mol. The summed E-state index contributed by atoms with van der Waals surface area (Å²) in [6.07, 6.45) is 1.44. The average molecular weight is 376 g/mol. The molecule has 0 saturated heterocycles. The van der Waals surface area contributed by atoms with Gasteiger partial charge in [0.15, 0.2) is 0 Å². The molecule has 3 aromatic rings. The first-order valence-electron chi connectivity index (χ1n) is 7.34. The molecule has 6 nitrogen and oxygen atoms in total. The van der Waals surface area contributed by atoms with Gasteiger partial charge in [-0.25, -0.2) is 4.98 Å². The van der Waals surface area contributed by atoms with E-state index in [0.29, 0.717) is 32.0 Å². The van der Waals surface area contributed by atoms with Gasteiger partial charge in [-0.15, -0.1) is 11.3 Å². The van der Waals surface area contributed by atoms with Crippen molar-refractivity contribution in [2.75, 3.05) is 0 Å². The van der Waals surface area contributed by atoms with Crippen molar-refractivity contribution in [2.45, 2.75) is 13.8 Å². The summed E-state index contributed by atoms with van der Waals surface area (Å²) in [5, 5.41) is 1.19. The van der Waals surface area contributed by atoms with Gasteiger partial charge in [0.2, 0.25) is 0 Å². The Morgan fingerprint density at radius 2 is 1.88 bits per heavy atom. The topological polar surface area (TPSA) is 84.2 Å². The normalized spacial score (nSPS) is 10.5. The van der Waals surface area contributed by atoms with Gasteiger partial charge in [0.05, 0.1) is 16.8 Å². The second kappa shape index (κ2) is 7.08. The van der Waals surface area contributed by atoms with Crippen molar-refractivity contribution in [2.24, 2.45) is 0 Å². The molecule has 2 aromatic heterocycles. The number of benzene rings is 1. The van der Waals surface area contributed by atoms with Crippen molar-refractivity contribution in [1.29, 1.82) is 0 Å². The average Bonchev–Trinajstić information content (AvgIpc) is 3.19. The number of carbonyl (C=O) groups excluding carboxylic acids is 2. The van der Waals surface area contributed by atoms with E-state index in [1.54, 1.807) is 26.0 Å². The van der Waals surface area contributed by atoms with E-state index in [1.165, 1.54) is 17.5 Å². The van der Waals surface area contributed by atoms with Crippen LogP contribution in [0.2, 0.25) is 5.02 Å². The van der Waals surface area contributed by atoms with Gasteiger partial charge in [-0.1, -0.05) is 29.8 Å². The summed E-state index contributed by atoms with van der Waals surface area (Å²) in [6.45, 7) is 3.43. The predicted octanol–water partition coefficient (Wildman–Crippen LogP) is 3.75. The molecule has 0 aliphatic rings. The van der Waals surface area contributed by atoms with Crippen molar-refractivity contribution < 1.29 is 14.0 Å². The van der Waals surface area contributed by atoms with Crippen LogP contribution in [0, 0.1) is 13.8 Å². The van der Waals surface area contributed by atoms with E-state index in [0.717, 1.165) is 5.56 Å². The van der Waals surface area contributed by atoms with E-state index in [4.69, 9.17) is 16.0 Å². The van der Waals surface area contributed by atoms with Crippen molar-refractivity contribution in [3.8, 4) is 10.6 Å². The highest BCUT2D eigenvalue weighted by molar-refractivity contribution is 7.17. The van der Waals surface area contributed by atoms with Crippen LogP contribution in [0.4, 0.5) is 0 Å². The molecule has 0 saturated carbocycles. The highest BCUT2D eigenvalue weighted by atomic mass is 35.5. The number of hydrazine groups is 1. The van der Waals surface area contributed by atoms with Gasteiger partial charge in [-0.3, -0.25) is 20.4 Å². The van der Waals surface area contributed by atoms with Crippen molar-refractivity contribution in [1.82, 2.24) is 15.8 Å². The van der Waals surface area contributed by atoms with Gasteiger partial charge < -0.3 is 4.42 Å². The minimum Gasteiger partial charge on any atom is -0.466 e. The van der Waals surface area contributed by atoms with Crippen LogP contribution in [-0.2, 0) is 0 Å². The molecule has 0 radical (unpaired) electrons. The van der Waals surface area contributed by atoms with E-state index in [1.807, 2.05) is 18.2 Å². The van der Waals surface area contributed by atoms with Gasteiger partial charge in [0, 0.05) is 5.56 Å². The number of nitrogens with one attached hydrogen (secondary N) is 2. The molecule has 0 spiro atoms. The Labute approximate surface area is 152 Å². The molecule has 0 fully saturated rings. The van der Waals surface area contributed by atoms with Gasteiger partial charge in [0.25, 0.3) is 11.8 Å². The Kier molecular flexibility index (Phi) is 4.87. The Morgan fingerprint density at radius 1 is 1.16 bits per heavy atom. The fourth-order valence-corrected chi connectivity index (χ4v) is 3.37. The molecule has 25 heavy (non-hydrogen) atoms. The molecule has 2 heterocycles.